The van der Waals surface area contributed by atoms with Crippen LogP contribution in [0.25, 0.3) is 16.6 Å². The summed E-state index contributed by atoms with van der Waals surface area (Å²) in [5, 5.41) is 8.97. The lowest BCUT2D eigenvalue weighted by Crippen LogP contribution is -2.43. The van der Waals surface area contributed by atoms with Gasteiger partial charge < -0.3 is 9.88 Å². The van der Waals surface area contributed by atoms with E-state index in [0.717, 1.165) is 30.6 Å². The molecule has 1 aliphatic rings. The average Bonchev–Trinajstić information content (AvgIpc) is 3.56. The molecule has 0 atom stereocenters. The van der Waals surface area contributed by atoms with Crippen molar-refractivity contribution in [1.82, 2.24) is 29.0 Å². The molecular formula is C27H33FN6O2S. The van der Waals surface area contributed by atoms with Gasteiger partial charge in [-0.1, -0.05) is 18.2 Å². The van der Waals surface area contributed by atoms with E-state index in [1.165, 1.54) is 29.4 Å². The summed E-state index contributed by atoms with van der Waals surface area (Å²) in [5.41, 5.74) is 2.54. The van der Waals surface area contributed by atoms with E-state index in [2.05, 4.69) is 38.4 Å². The second-order valence-electron chi connectivity index (χ2n) is 10.1. The van der Waals surface area contributed by atoms with E-state index in [1.807, 2.05) is 10.6 Å². The largest absolute Gasteiger partial charge is 0.361 e. The van der Waals surface area contributed by atoms with E-state index in [1.54, 1.807) is 36.9 Å². The number of likely N-dealkylation sites (tertiary alicyclic amines) is 1. The van der Waals surface area contributed by atoms with Gasteiger partial charge in [0.1, 0.15) is 18.3 Å². The Kier molecular flexibility index (Phi) is 7.15. The Balaban J connectivity index is 1.17. The molecular weight excluding hydrogens is 491 g/mol. The Morgan fingerprint density at radius 1 is 1.05 bits per heavy atom. The highest BCUT2D eigenvalue weighted by atomic mass is 32.2. The third-order valence-corrected chi connectivity index (χ3v) is 9.29. The molecule has 3 heterocycles. The molecule has 1 N–H and O–H groups in total. The normalized spacial score (nSPS) is 16.5. The van der Waals surface area contributed by atoms with Gasteiger partial charge in [-0.05, 0) is 67.6 Å². The van der Waals surface area contributed by atoms with Gasteiger partial charge >= 0.3 is 0 Å². The van der Waals surface area contributed by atoms with Gasteiger partial charge in [0.15, 0.2) is 0 Å². The van der Waals surface area contributed by atoms with Crippen LogP contribution in [0, 0.1) is 0 Å². The zero-order valence-electron chi connectivity index (χ0n) is 21.3. The van der Waals surface area contributed by atoms with E-state index < -0.39 is 15.7 Å². The lowest BCUT2D eigenvalue weighted by molar-refractivity contribution is 0.0576. The third-order valence-electron chi connectivity index (χ3n) is 7.38. The molecule has 4 aromatic rings. The summed E-state index contributed by atoms with van der Waals surface area (Å²) >= 11 is 0. The molecule has 0 aliphatic carbocycles. The van der Waals surface area contributed by atoms with Crippen molar-refractivity contribution in [2.24, 2.45) is 0 Å². The molecule has 8 nitrogen and oxygen atoms in total. The van der Waals surface area contributed by atoms with Crippen molar-refractivity contribution < 1.29 is 12.8 Å². The van der Waals surface area contributed by atoms with Crippen LogP contribution in [0.1, 0.15) is 30.4 Å². The molecule has 2 aromatic carbocycles. The summed E-state index contributed by atoms with van der Waals surface area (Å²) in [4.78, 5) is 5.87. The van der Waals surface area contributed by atoms with Crippen LogP contribution in [-0.4, -0.2) is 76.8 Å². The van der Waals surface area contributed by atoms with Crippen molar-refractivity contribution in [2.75, 3.05) is 33.7 Å². The highest BCUT2D eigenvalue weighted by Gasteiger charge is 2.36. The first-order chi connectivity index (χ1) is 17.7. The van der Waals surface area contributed by atoms with Crippen LogP contribution in [0.3, 0.4) is 0 Å². The molecule has 0 unspecified atom stereocenters. The second-order valence-corrected chi connectivity index (χ2v) is 12.2. The van der Waals surface area contributed by atoms with Crippen molar-refractivity contribution in [3.05, 3.63) is 72.4 Å². The summed E-state index contributed by atoms with van der Waals surface area (Å²) in [5.74, 6) is 0. The van der Waals surface area contributed by atoms with Crippen molar-refractivity contribution in [3.8, 4) is 5.69 Å². The molecule has 2 aromatic heterocycles. The Morgan fingerprint density at radius 3 is 2.51 bits per heavy atom. The number of nitrogens with zero attached hydrogens (tertiary/aromatic N) is 5. The van der Waals surface area contributed by atoms with E-state index in [-0.39, 0.29) is 11.3 Å². The molecule has 37 heavy (non-hydrogen) atoms. The number of H-pyrrole nitrogens is 1. The van der Waals surface area contributed by atoms with Crippen LogP contribution in [0.4, 0.5) is 4.39 Å². The summed E-state index contributed by atoms with van der Waals surface area (Å²) in [6.07, 6.45) is 8.28. The van der Waals surface area contributed by atoms with E-state index in [0.29, 0.717) is 31.5 Å². The highest BCUT2D eigenvalue weighted by Crippen LogP contribution is 2.33. The molecule has 0 bridgehead atoms. The monoisotopic (exact) mass is 524 g/mol. The van der Waals surface area contributed by atoms with Crippen molar-refractivity contribution in [3.63, 3.8) is 0 Å². The van der Waals surface area contributed by atoms with E-state index in [9.17, 15) is 8.42 Å². The maximum Gasteiger partial charge on any atom is 0.242 e. The summed E-state index contributed by atoms with van der Waals surface area (Å²) in [6.45, 7) is 2.25. The molecule has 0 spiro atoms. The lowest BCUT2D eigenvalue weighted by atomic mass is 9.87. The Hall–Kier alpha value is -3.08. The predicted octanol–water partition coefficient (Wildman–Crippen LogP) is 3.98. The fourth-order valence-corrected chi connectivity index (χ4v) is 6.27. The van der Waals surface area contributed by atoms with E-state index in [4.69, 9.17) is 0 Å². The van der Waals surface area contributed by atoms with Gasteiger partial charge in [-0.25, -0.2) is 17.1 Å². The summed E-state index contributed by atoms with van der Waals surface area (Å²) in [6, 6.07) is 13.0. The average molecular weight is 525 g/mol. The fraction of sp³-hybridized carbons (Fsp3) is 0.407. The number of hydrogen-bond donors (Lipinski definition) is 1. The molecule has 1 saturated heterocycles. The number of hydrogen-bond acceptors (Lipinski definition) is 5. The number of sulfonamides is 1. The number of rotatable bonds is 9. The van der Waals surface area contributed by atoms with E-state index >= 15 is 4.39 Å². The maximum atomic E-state index is 15.8. The molecule has 0 amide bonds. The van der Waals surface area contributed by atoms with Gasteiger partial charge in [0, 0.05) is 56.4 Å². The van der Waals surface area contributed by atoms with Crippen molar-refractivity contribution in [2.45, 2.75) is 42.7 Å². The first-order valence-electron chi connectivity index (χ1n) is 12.6. The van der Waals surface area contributed by atoms with Crippen molar-refractivity contribution >= 4 is 20.9 Å². The number of fused-ring (bicyclic) bond motifs is 1. The van der Waals surface area contributed by atoms with Crippen LogP contribution in [0.2, 0.25) is 0 Å². The van der Waals surface area contributed by atoms with Crippen molar-refractivity contribution in [1.29, 1.82) is 0 Å². The zero-order valence-corrected chi connectivity index (χ0v) is 22.1. The molecule has 196 valence electrons. The van der Waals surface area contributed by atoms with Gasteiger partial charge in [-0.15, -0.1) is 10.2 Å². The van der Waals surface area contributed by atoms with Gasteiger partial charge in [-0.2, -0.15) is 0 Å². The number of aromatic nitrogens is 4. The minimum absolute atomic E-state index is 0.119. The predicted molar refractivity (Wildman–Crippen MR) is 142 cm³/mol. The standard InChI is InChI=1S/C27H33FN6O2S/c1-32(2)37(35,36)26-8-4-3-6-21(26)17-27(28)11-14-33(15-12-27)13-5-7-22-18-29-25-10-9-23(16-24(22)25)34-19-30-31-20-34/h3-4,6,8-10,16,18-20,29H,5,7,11-15,17H2,1-2H3. The zero-order chi connectivity index (χ0) is 26.0. The number of benzene rings is 2. The van der Waals surface area contributed by atoms with Crippen LogP contribution in [0.5, 0.6) is 0 Å². The van der Waals surface area contributed by atoms with Crippen LogP contribution in [-0.2, 0) is 22.9 Å². The Labute approximate surface area is 217 Å². The van der Waals surface area contributed by atoms with Gasteiger partial charge in [-0.3, -0.25) is 4.57 Å². The maximum absolute atomic E-state index is 15.8. The Morgan fingerprint density at radius 2 is 1.78 bits per heavy atom. The number of aromatic amines is 1. The first kappa shape index (κ1) is 25.6. The first-order valence-corrected chi connectivity index (χ1v) is 14.1. The van der Waals surface area contributed by atoms with Crippen LogP contribution >= 0.6 is 0 Å². The Bertz CT molecular complexity index is 1460. The molecule has 1 fully saturated rings. The van der Waals surface area contributed by atoms with Gasteiger partial charge in [0.05, 0.1) is 4.90 Å². The van der Waals surface area contributed by atoms with Crippen LogP contribution < -0.4 is 0 Å². The van der Waals surface area contributed by atoms with Gasteiger partial charge in [0.2, 0.25) is 10.0 Å². The lowest BCUT2D eigenvalue weighted by Gasteiger charge is -2.37. The SMILES string of the molecule is CN(C)S(=O)(=O)c1ccccc1CC1(F)CCN(CCCc2c[nH]c3ccc(-n4cnnc4)cc23)CC1. The third kappa shape index (κ3) is 5.46. The summed E-state index contributed by atoms with van der Waals surface area (Å²) in [7, 11) is -0.610. The molecule has 0 saturated carbocycles. The topological polar surface area (TPSA) is 87.1 Å². The number of piperidine rings is 1. The smallest absolute Gasteiger partial charge is 0.242 e. The summed E-state index contributed by atoms with van der Waals surface area (Å²) < 4.78 is 44.3. The molecule has 1 aliphatic heterocycles. The number of halogens is 1. The van der Waals surface area contributed by atoms with Gasteiger partial charge in [0.25, 0.3) is 0 Å². The quantitative estimate of drug-likeness (QED) is 0.358. The molecule has 5 rings (SSSR count). The minimum atomic E-state index is -3.61. The molecule has 0 radical (unpaired) electrons. The van der Waals surface area contributed by atoms with Crippen LogP contribution in [0.15, 0.2) is 66.2 Å². The molecule has 10 heteroatoms. The number of aryl methyl sites for hydroxylation is 1. The number of nitrogens with one attached hydrogen (secondary N) is 1. The highest BCUT2D eigenvalue weighted by molar-refractivity contribution is 7.89. The fourth-order valence-electron chi connectivity index (χ4n) is 5.15. The minimum Gasteiger partial charge on any atom is -0.361 e. The number of alkyl halides is 1. The second kappa shape index (κ2) is 10.4.